The molecular formula is C17H20N6O4S. The van der Waals surface area contributed by atoms with E-state index in [1.54, 1.807) is 6.92 Å². The Balaban J connectivity index is 1.87. The number of nitrogens with two attached hydrogens (primary N) is 3. The third-order valence-corrected chi connectivity index (χ3v) is 5.09. The summed E-state index contributed by atoms with van der Waals surface area (Å²) >= 11 is 0.897. The van der Waals surface area contributed by atoms with Crippen LogP contribution in [0.2, 0.25) is 0 Å². The summed E-state index contributed by atoms with van der Waals surface area (Å²) in [6, 6.07) is 1.39. The molecule has 0 saturated carbocycles. The Hall–Kier alpha value is -3.47. The molecule has 0 atom stereocenters. The minimum atomic E-state index is -0.674. The minimum absolute atomic E-state index is 0.00622. The Morgan fingerprint density at radius 3 is 2.82 bits per heavy atom. The van der Waals surface area contributed by atoms with E-state index in [1.807, 2.05) is 6.08 Å². The molecule has 0 bridgehead atoms. The normalized spacial score (nSPS) is 12.7. The summed E-state index contributed by atoms with van der Waals surface area (Å²) in [5.74, 6) is -1.23. The van der Waals surface area contributed by atoms with Crippen molar-refractivity contribution in [1.29, 1.82) is 5.41 Å². The Morgan fingerprint density at radius 1 is 1.36 bits per heavy atom. The summed E-state index contributed by atoms with van der Waals surface area (Å²) in [5.41, 5.74) is 24.5. The number of nitrogen functional groups attached to an aromatic ring is 3. The van der Waals surface area contributed by atoms with Gasteiger partial charge in [-0.2, -0.15) is 0 Å². The van der Waals surface area contributed by atoms with Crippen LogP contribution in [0.15, 0.2) is 10.5 Å². The standard InChI is InChI=1S/C17H20N6O4S/c1-2-26-17(25)12-13(20)14(28-15(12)21)16(24)23-22-8-4-3-5-9-11(8)7(18)6-10(19)27-9/h5-6,19,22H,2-4,18,20-21H2,1H3,(H,23,24). The SMILES string of the molecule is CCOC(=O)c1c(N)sc(C(=O)NNC2=c3c(N)cc(=N)oc3=CCC2)c1N. The fraction of sp³-hybridized carbons (Fsp3) is 0.235. The Kier molecular flexibility index (Phi) is 5.27. The molecule has 0 fully saturated rings. The summed E-state index contributed by atoms with van der Waals surface area (Å²) in [6.45, 7) is 1.82. The van der Waals surface area contributed by atoms with E-state index in [0.29, 0.717) is 34.9 Å². The number of carbonyl (C=O) groups is 2. The average molecular weight is 404 g/mol. The molecule has 2 aromatic rings. The van der Waals surface area contributed by atoms with Crippen LogP contribution in [0, 0.1) is 5.41 Å². The van der Waals surface area contributed by atoms with E-state index in [0.717, 1.165) is 11.3 Å². The van der Waals surface area contributed by atoms with Crippen LogP contribution in [-0.2, 0) is 4.74 Å². The number of fused-ring (bicyclic) bond motifs is 1. The lowest BCUT2D eigenvalue weighted by atomic mass is 10.1. The number of carbonyl (C=O) groups excluding carboxylic acids is 2. The molecule has 9 N–H and O–H groups in total. The van der Waals surface area contributed by atoms with Crippen LogP contribution < -0.4 is 44.2 Å². The molecule has 0 saturated heterocycles. The van der Waals surface area contributed by atoms with Gasteiger partial charge < -0.3 is 31.8 Å². The van der Waals surface area contributed by atoms with E-state index in [-0.39, 0.29) is 33.3 Å². The molecule has 2 aromatic heterocycles. The number of rotatable bonds is 5. The lowest BCUT2D eigenvalue weighted by Crippen LogP contribution is -2.44. The summed E-state index contributed by atoms with van der Waals surface area (Å²) in [7, 11) is 0. The first kappa shape index (κ1) is 19.3. The molecule has 148 valence electrons. The van der Waals surface area contributed by atoms with Gasteiger partial charge in [-0.15, -0.1) is 11.3 Å². The van der Waals surface area contributed by atoms with Crippen LogP contribution in [0.1, 0.15) is 39.8 Å². The van der Waals surface area contributed by atoms with Gasteiger partial charge in [0.05, 0.1) is 17.5 Å². The molecule has 0 unspecified atom stereocenters. The number of esters is 1. The fourth-order valence-electron chi connectivity index (χ4n) is 2.85. The number of ether oxygens (including phenoxy) is 1. The highest BCUT2D eigenvalue weighted by Crippen LogP contribution is 2.33. The van der Waals surface area contributed by atoms with Crippen molar-refractivity contribution < 1.29 is 18.7 Å². The molecule has 0 spiro atoms. The molecule has 1 aliphatic carbocycles. The summed E-state index contributed by atoms with van der Waals surface area (Å²) in [5, 5.41) is 8.31. The molecule has 3 rings (SSSR count). The van der Waals surface area contributed by atoms with Gasteiger partial charge in [-0.25, -0.2) is 4.79 Å². The highest BCUT2D eigenvalue weighted by Gasteiger charge is 2.25. The summed E-state index contributed by atoms with van der Waals surface area (Å²) in [4.78, 5) is 24.6. The lowest BCUT2D eigenvalue weighted by molar-refractivity contribution is 0.0529. The maximum Gasteiger partial charge on any atom is 0.343 e. The second kappa shape index (κ2) is 7.64. The van der Waals surface area contributed by atoms with Gasteiger partial charge in [0.25, 0.3) is 5.91 Å². The van der Waals surface area contributed by atoms with Crippen molar-refractivity contribution in [3.8, 4) is 0 Å². The molecule has 11 heteroatoms. The van der Waals surface area contributed by atoms with Gasteiger partial charge in [-0.3, -0.25) is 15.6 Å². The number of hydrazine groups is 1. The molecule has 0 aromatic carbocycles. The molecule has 0 radical (unpaired) electrons. The lowest BCUT2D eigenvalue weighted by Gasteiger charge is -2.15. The number of anilines is 3. The van der Waals surface area contributed by atoms with E-state index in [4.69, 9.17) is 31.8 Å². The monoisotopic (exact) mass is 404 g/mol. The molecule has 2 heterocycles. The third kappa shape index (κ3) is 3.51. The van der Waals surface area contributed by atoms with Crippen molar-refractivity contribution in [2.75, 3.05) is 23.8 Å². The molecule has 0 aliphatic heterocycles. The Bertz CT molecular complexity index is 1130. The maximum atomic E-state index is 12.5. The maximum absolute atomic E-state index is 12.5. The number of thiophene rings is 1. The number of hydrogen-bond donors (Lipinski definition) is 6. The summed E-state index contributed by atoms with van der Waals surface area (Å²) in [6.07, 6.45) is 3.07. The summed E-state index contributed by atoms with van der Waals surface area (Å²) < 4.78 is 10.3. The third-order valence-electron chi connectivity index (χ3n) is 4.05. The first-order valence-electron chi connectivity index (χ1n) is 8.42. The van der Waals surface area contributed by atoms with E-state index in [9.17, 15) is 9.59 Å². The van der Waals surface area contributed by atoms with Crippen molar-refractivity contribution in [1.82, 2.24) is 10.9 Å². The molecule has 1 amide bonds. The van der Waals surface area contributed by atoms with Crippen LogP contribution in [0.5, 0.6) is 0 Å². The molecular weight excluding hydrogens is 384 g/mol. The fourth-order valence-corrected chi connectivity index (χ4v) is 3.72. The van der Waals surface area contributed by atoms with Crippen molar-refractivity contribution in [3.05, 3.63) is 32.7 Å². The van der Waals surface area contributed by atoms with Gasteiger partial charge >= 0.3 is 5.97 Å². The number of amides is 1. The molecule has 28 heavy (non-hydrogen) atoms. The topological polar surface area (TPSA) is 182 Å². The van der Waals surface area contributed by atoms with Crippen LogP contribution in [0.3, 0.4) is 0 Å². The zero-order valence-corrected chi connectivity index (χ0v) is 15.9. The predicted octanol–water partition coefficient (Wildman–Crippen LogP) is -0.639. The van der Waals surface area contributed by atoms with Gasteiger partial charge in [-0.1, -0.05) is 0 Å². The molecule has 10 nitrogen and oxygen atoms in total. The number of nitrogens with one attached hydrogen (secondary N) is 3. The largest absolute Gasteiger partial charge is 0.462 e. The predicted molar refractivity (Wildman–Crippen MR) is 105 cm³/mol. The average Bonchev–Trinajstić information content (AvgIpc) is 2.93. The second-order valence-corrected chi connectivity index (χ2v) is 6.96. The van der Waals surface area contributed by atoms with Crippen molar-refractivity contribution in [3.63, 3.8) is 0 Å². The van der Waals surface area contributed by atoms with Crippen molar-refractivity contribution in [2.45, 2.75) is 19.8 Å². The van der Waals surface area contributed by atoms with Gasteiger partial charge in [0.15, 0.2) is 0 Å². The highest BCUT2D eigenvalue weighted by atomic mass is 32.1. The van der Waals surface area contributed by atoms with E-state index in [1.165, 1.54) is 6.07 Å². The zero-order chi connectivity index (χ0) is 20.4. The van der Waals surface area contributed by atoms with Crippen molar-refractivity contribution in [2.24, 2.45) is 0 Å². The van der Waals surface area contributed by atoms with Crippen LogP contribution in [0.4, 0.5) is 16.4 Å². The van der Waals surface area contributed by atoms with Gasteiger partial charge in [0.1, 0.15) is 20.9 Å². The Labute approximate surface area is 163 Å². The van der Waals surface area contributed by atoms with Crippen molar-refractivity contribution >= 4 is 51.4 Å². The van der Waals surface area contributed by atoms with Crippen LogP contribution >= 0.6 is 11.3 Å². The first-order valence-corrected chi connectivity index (χ1v) is 9.24. The van der Waals surface area contributed by atoms with E-state index < -0.39 is 11.9 Å². The van der Waals surface area contributed by atoms with E-state index in [2.05, 4.69) is 10.9 Å². The second-order valence-electron chi connectivity index (χ2n) is 5.91. The van der Waals surface area contributed by atoms with Crippen LogP contribution in [-0.4, -0.2) is 18.5 Å². The first-order chi connectivity index (χ1) is 13.3. The van der Waals surface area contributed by atoms with E-state index >= 15 is 0 Å². The van der Waals surface area contributed by atoms with Crippen LogP contribution in [0.25, 0.3) is 11.8 Å². The number of hydrogen-bond acceptors (Lipinski definition) is 10. The van der Waals surface area contributed by atoms with Gasteiger partial charge in [0.2, 0.25) is 5.55 Å². The smallest absolute Gasteiger partial charge is 0.343 e. The van der Waals surface area contributed by atoms with Gasteiger partial charge in [0, 0.05) is 17.5 Å². The highest BCUT2D eigenvalue weighted by molar-refractivity contribution is 7.18. The zero-order valence-electron chi connectivity index (χ0n) is 15.0. The molecule has 1 aliphatic rings. The Morgan fingerprint density at radius 2 is 2.11 bits per heavy atom. The minimum Gasteiger partial charge on any atom is -0.462 e. The van der Waals surface area contributed by atoms with Gasteiger partial charge in [-0.05, 0) is 25.8 Å². The quantitative estimate of drug-likeness (QED) is 0.281.